The number of fused-ring (bicyclic) bond motifs is 1. The van der Waals surface area contributed by atoms with Gasteiger partial charge in [0, 0.05) is 6.92 Å². The molecule has 0 aliphatic heterocycles. The number of thiazole rings is 1. The number of nitrogens with one attached hydrogen (secondary N) is 1. The Morgan fingerprint density at radius 1 is 1.40 bits per heavy atom. The lowest BCUT2D eigenvalue weighted by molar-refractivity contribution is -0.113. The fourth-order valence-corrected chi connectivity index (χ4v) is 3.03. The molecule has 2 heterocycles. The summed E-state index contributed by atoms with van der Waals surface area (Å²) in [5.41, 5.74) is 0.882. The molecule has 8 heteroatoms. The quantitative estimate of drug-likeness (QED) is 0.746. The number of carbonyl (C=O) groups excluding carboxylic acids is 1. The number of hydrogen-bond donors (Lipinski definition) is 1. The van der Waals surface area contributed by atoms with Crippen LogP contribution in [0.25, 0.3) is 10.2 Å². The second-order valence-corrected chi connectivity index (χ2v) is 5.87. The number of thioether (sulfide) groups is 1. The van der Waals surface area contributed by atoms with Crippen LogP contribution in [0.1, 0.15) is 5.89 Å². The number of para-hydroxylation sites is 1. The lowest BCUT2D eigenvalue weighted by Gasteiger charge is -1.98. The van der Waals surface area contributed by atoms with Gasteiger partial charge in [0.2, 0.25) is 11.8 Å². The van der Waals surface area contributed by atoms with Gasteiger partial charge in [-0.3, -0.25) is 4.79 Å². The highest BCUT2D eigenvalue weighted by atomic mass is 32.2. The van der Waals surface area contributed by atoms with Gasteiger partial charge in [0.1, 0.15) is 0 Å². The molecule has 0 aliphatic rings. The van der Waals surface area contributed by atoms with Crippen LogP contribution in [-0.2, 0) is 4.79 Å². The van der Waals surface area contributed by atoms with Crippen molar-refractivity contribution >= 4 is 44.4 Å². The number of anilines is 1. The van der Waals surface area contributed by atoms with Crippen LogP contribution in [-0.4, -0.2) is 26.8 Å². The predicted molar refractivity (Wildman–Crippen MR) is 78.0 cm³/mol. The molecule has 20 heavy (non-hydrogen) atoms. The zero-order valence-corrected chi connectivity index (χ0v) is 12.1. The number of hydrogen-bond acceptors (Lipinski definition) is 7. The largest absolute Gasteiger partial charge is 0.416 e. The molecule has 6 nitrogen and oxygen atoms in total. The van der Waals surface area contributed by atoms with Crippen LogP contribution in [0.3, 0.4) is 0 Å². The summed E-state index contributed by atoms with van der Waals surface area (Å²) in [6.45, 7) is 1.71. The minimum Gasteiger partial charge on any atom is -0.416 e. The van der Waals surface area contributed by atoms with E-state index in [1.165, 1.54) is 23.1 Å². The Hall–Kier alpha value is -1.93. The highest BCUT2D eigenvalue weighted by molar-refractivity contribution is 7.99. The Morgan fingerprint density at radius 3 is 3.00 bits per heavy atom. The predicted octanol–water partition coefficient (Wildman–Crippen LogP) is 2.72. The van der Waals surface area contributed by atoms with Crippen molar-refractivity contribution in [2.75, 3.05) is 11.1 Å². The van der Waals surface area contributed by atoms with Crippen LogP contribution in [0.15, 0.2) is 33.9 Å². The van der Waals surface area contributed by atoms with Gasteiger partial charge in [-0.05, 0) is 12.1 Å². The summed E-state index contributed by atoms with van der Waals surface area (Å²) in [6.07, 6.45) is 0. The normalized spacial score (nSPS) is 10.8. The Balaban J connectivity index is 1.60. The van der Waals surface area contributed by atoms with Crippen LogP contribution in [0, 0.1) is 6.92 Å². The first-order chi connectivity index (χ1) is 9.70. The van der Waals surface area contributed by atoms with Crippen LogP contribution in [0.4, 0.5) is 5.13 Å². The number of rotatable bonds is 4. The monoisotopic (exact) mass is 306 g/mol. The average Bonchev–Trinajstić information content (AvgIpc) is 3.01. The van der Waals surface area contributed by atoms with E-state index in [-0.39, 0.29) is 11.7 Å². The molecule has 1 N–H and O–H groups in total. The summed E-state index contributed by atoms with van der Waals surface area (Å²) < 4.78 is 6.22. The molecule has 1 amide bonds. The molecule has 2 aromatic heterocycles. The van der Waals surface area contributed by atoms with E-state index in [4.69, 9.17) is 4.42 Å². The lowest BCUT2D eigenvalue weighted by Crippen LogP contribution is -2.13. The first-order valence-corrected chi connectivity index (χ1v) is 7.59. The summed E-state index contributed by atoms with van der Waals surface area (Å²) in [6, 6.07) is 7.75. The third-order valence-corrected chi connectivity index (χ3v) is 4.14. The van der Waals surface area contributed by atoms with E-state index in [9.17, 15) is 4.79 Å². The minimum atomic E-state index is -0.148. The van der Waals surface area contributed by atoms with Crippen LogP contribution < -0.4 is 5.32 Å². The molecular formula is C12H10N4O2S2. The maximum absolute atomic E-state index is 11.8. The van der Waals surface area contributed by atoms with E-state index in [1.807, 2.05) is 24.3 Å². The molecule has 102 valence electrons. The lowest BCUT2D eigenvalue weighted by atomic mass is 10.3. The molecule has 0 saturated heterocycles. The van der Waals surface area contributed by atoms with Gasteiger partial charge >= 0.3 is 0 Å². The number of nitrogens with zero attached hydrogens (tertiary/aromatic N) is 3. The molecule has 0 fully saturated rings. The van der Waals surface area contributed by atoms with Crippen molar-refractivity contribution in [2.24, 2.45) is 0 Å². The van der Waals surface area contributed by atoms with Crippen molar-refractivity contribution < 1.29 is 9.21 Å². The maximum Gasteiger partial charge on any atom is 0.277 e. The highest BCUT2D eigenvalue weighted by Crippen LogP contribution is 2.25. The van der Waals surface area contributed by atoms with Gasteiger partial charge in [-0.25, -0.2) is 4.98 Å². The number of aromatic nitrogens is 3. The molecule has 3 rings (SSSR count). The first-order valence-electron chi connectivity index (χ1n) is 5.79. The Kier molecular flexibility index (Phi) is 3.66. The van der Waals surface area contributed by atoms with E-state index in [1.54, 1.807) is 6.92 Å². The fraction of sp³-hybridized carbons (Fsp3) is 0.167. The summed E-state index contributed by atoms with van der Waals surface area (Å²) in [5.74, 6) is 0.543. The van der Waals surface area contributed by atoms with E-state index in [0.717, 1.165) is 10.2 Å². The van der Waals surface area contributed by atoms with Crippen molar-refractivity contribution in [3.8, 4) is 0 Å². The molecule has 3 aromatic rings. The molecule has 0 saturated carbocycles. The van der Waals surface area contributed by atoms with Gasteiger partial charge in [0.25, 0.3) is 5.22 Å². The van der Waals surface area contributed by atoms with Crippen molar-refractivity contribution in [3.05, 3.63) is 30.2 Å². The van der Waals surface area contributed by atoms with Gasteiger partial charge in [0.05, 0.1) is 16.0 Å². The number of amides is 1. The topological polar surface area (TPSA) is 80.9 Å². The smallest absolute Gasteiger partial charge is 0.277 e. The van der Waals surface area contributed by atoms with Crippen molar-refractivity contribution in [1.82, 2.24) is 15.2 Å². The Bertz CT molecular complexity index is 720. The average molecular weight is 306 g/mol. The third-order valence-electron chi connectivity index (χ3n) is 2.37. The van der Waals surface area contributed by atoms with E-state index in [0.29, 0.717) is 16.2 Å². The third kappa shape index (κ3) is 2.97. The summed E-state index contributed by atoms with van der Waals surface area (Å²) >= 11 is 2.65. The zero-order chi connectivity index (χ0) is 13.9. The van der Waals surface area contributed by atoms with E-state index < -0.39 is 0 Å². The minimum absolute atomic E-state index is 0.148. The van der Waals surface area contributed by atoms with Crippen molar-refractivity contribution in [3.63, 3.8) is 0 Å². The van der Waals surface area contributed by atoms with Crippen molar-refractivity contribution in [1.29, 1.82) is 0 Å². The molecule has 0 bridgehead atoms. The Morgan fingerprint density at radius 2 is 2.25 bits per heavy atom. The fourth-order valence-electron chi connectivity index (χ4n) is 1.55. The van der Waals surface area contributed by atoms with Gasteiger partial charge in [-0.2, -0.15) is 0 Å². The number of aryl methyl sites for hydroxylation is 1. The maximum atomic E-state index is 11.8. The summed E-state index contributed by atoms with van der Waals surface area (Å²) in [7, 11) is 0. The molecule has 0 unspecified atom stereocenters. The van der Waals surface area contributed by atoms with Gasteiger partial charge in [0.15, 0.2) is 5.13 Å². The standard InChI is InChI=1S/C12H10N4O2S2/c1-7-15-16-12(18-7)19-6-10(17)14-11-13-8-4-2-3-5-9(8)20-11/h2-5H,6H2,1H3,(H,13,14,17). The van der Waals surface area contributed by atoms with E-state index in [2.05, 4.69) is 20.5 Å². The molecular weight excluding hydrogens is 296 g/mol. The van der Waals surface area contributed by atoms with Gasteiger partial charge in [-0.1, -0.05) is 35.2 Å². The van der Waals surface area contributed by atoms with Gasteiger partial charge < -0.3 is 9.73 Å². The Labute approximate surface area is 122 Å². The molecule has 0 radical (unpaired) electrons. The van der Waals surface area contributed by atoms with Crippen LogP contribution in [0.5, 0.6) is 0 Å². The highest BCUT2D eigenvalue weighted by Gasteiger charge is 2.10. The molecule has 0 spiro atoms. The van der Waals surface area contributed by atoms with Crippen LogP contribution in [0.2, 0.25) is 0 Å². The van der Waals surface area contributed by atoms with Crippen molar-refractivity contribution in [2.45, 2.75) is 12.1 Å². The number of benzene rings is 1. The summed E-state index contributed by atoms with van der Waals surface area (Å²) in [5, 5.41) is 11.3. The van der Waals surface area contributed by atoms with Gasteiger partial charge in [-0.15, -0.1) is 10.2 Å². The second-order valence-electron chi connectivity index (χ2n) is 3.91. The second kappa shape index (κ2) is 5.59. The van der Waals surface area contributed by atoms with Crippen LogP contribution >= 0.6 is 23.1 Å². The molecule has 1 aromatic carbocycles. The molecule has 0 aliphatic carbocycles. The summed E-state index contributed by atoms with van der Waals surface area (Å²) in [4.78, 5) is 16.2. The first kappa shape index (κ1) is 13.1. The molecule has 0 atom stereocenters. The van der Waals surface area contributed by atoms with E-state index >= 15 is 0 Å². The zero-order valence-electron chi connectivity index (χ0n) is 10.5. The SMILES string of the molecule is Cc1nnc(SCC(=O)Nc2nc3ccccc3s2)o1. The number of carbonyl (C=O) groups is 1.